The number of nitrogens with zero attached hydrogens (tertiary/aromatic N) is 2. The first-order chi connectivity index (χ1) is 12.6. The van der Waals surface area contributed by atoms with Gasteiger partial charge in [0.05, 0.1) is 44.2 Å². The van der Waals surface area contributed by atoms with E-state index < -0.39 is 0 Å². The molecule has 5 heterocycles. The Hall–Kier alpha value is -1.65. The Kier molecular flexibility index (Phi) is 2.36. The fourth-order valence-corrected chi connectivity index (χ4v) is 8.14. The van der Waals surface area contributed by atoms with Crippen molar-refractivity contribution in [1.82, 2.24) is 0 Å². The highest BCUT2D eigenvalue weighted by Crippen LogP contribution is 2.67. The van der Waals surface area contributed by atoms with E-state index in [9.17, 15) is 4.79 Å². The number of likely N-dealkylation sites (N-methyl/N-ethyl adjacent to an activating group) is 1. The predicted molar refractivity (Wildman–Crippen MR) is 97.8 cm³/mol. The van der Waals surface area contributed by atoms with Crippen molar-refractivity contribution in [1.29, 1.82) is 0 Å². The van der Waals surface area contributed by atoms with E-state index in [0.29, 0.717) is 36.9 Å². The molecule has 4 heteroatoms. The normalized spacial score (nSPS) is 49.6. The maximum Gasteiger partial charge on any atom is 0.229 e. The molecule has 4 fully saturated rings. The fraction of sp³-hybridized carbons (Fsp3) is 0.591. The van der Waals surface area contributed by atoms with Gasteiger partial charge in [0, 0.05) is 24.4 Å². The lowest BCUT2D eigenvalue weighted by atomic mass is 9.53. The molecular weight excluding hydrogens is 324 g/mol. The van der Waals surface area contributed by atoms with Crippen molar-refractivity contribution in [3.63, 3.8) is 0 Å². The highest BCUT2D eigenvalue weighted by atomic mass is 16.5. The van der Waals surface area contributed by atoms with Crippen molar-refractivity contribution in [2.45, 2.75) is 42.9 Å². The lowest BCUT2D eigenvalue weighted by Gasteiger charge is -2.59. The number of rotatable bonds is 0. The molecule has 1 saturated carbocycles. The summed E-state index contributed by atoms with van der Waals surface area (Å²) in [6.07, 6.45) is 5.51. The predicted octanol–water partition coefficient (Wildman–Crippen LogP) is 2.24. The van der Waals surface area contributed by atoms with Crippen LogP contribution in [0.25, 0.3) is 0 Å². The molecule has 0 unspecified atom stereocenters. The van der Waals surface area contributed by atoms with E-state index >= 15 is 0 Å². The van der Waals surface area contributed by atoms with E-state index in [1.807, 2.05) is 0 Å². The summed E-state index contributed by atoms with van der Waals surface area (Å²) >= 11 is 0. The second kappa shape index (κ2) is 4.26. The first kappa shape index (κ1) is 14.4. The van der Waals surface area contributed by atoms with Crippen LogP contribution in [0, 0.1) is 11.8 Å². The van der Waals surface area contributed by atoms with E-state index in [1.54, 1.807) is 5.57 Å². The van der Waals surface area contributed by atoms with Gasteiger partial charge in [-0.15, -0.1) is 0 Å². The van der Waals surface area contributed by atoms with Crippen molar-refractivity contribution < 1.29 is 14.0 Å². The van der Waals surface area contributed by atoms with Crippen molar-refractivity contribution in [2.24, 2.45) is 11.8 Å². The number of quaternary nitrogens is 1. The minimum Gasteiger partial charge on any atom is -0.373 e. The van der Waals surface area contributed by atoms with Crippen LogP contribution in [0.4, 0.5) is 5.69 Å². The first-order valence-corrected chi connectivity index (χ1v) is 10.2. The molecular formula is C22H25N2O2+. The number of anilines is 1. The Labute approximate surface area is 154 Å². The fourth-order valence-electron chi connectivity index (χ4n) is 8.14. The van der Waals surface area contributed by atoms with Crippen LogP contribution in [-0.2, 0) is 14.9 Å². The van der Waals surface area contributed by atoms with Gasteiger partial charge in [0.25, 0.3) is 0 Å². The molecule has 0 N–H and O–H groups in total. The zero-order chi connectivity index (χ0) is 17.3. The second-order valence-corrected chi connectivity index (χ2v) is 9.67. The third kappa shape index (κ3) is 1.34. The minimum absolute atomic E-state index is 0.104. The van der Waals surface area contributed by atoms with Crippen LogP contribution < -0.4 is 4.90 Å². The van der Waals surface area contributed by atoms with E-state index in [-0.39, 0.29) is 17.4 Å². The molecule has 1 amide bonds. The molecule has 5 aliphatic heterocycles. The van der Waals surface area contributed by atoms with Crippen molar-refractivity contribution >= 4 is 11.6 Å². The molecule has 0 aromatic heterocycles. The van der Waals surface area contributed by atoms with E-state index in [1.165, 1.54) is 37.2 Å². The number of ether oxygens (including phenoxy) is 1. The molecule has 134 valence electrons. The number of hydrogen-bond donors (Lipinski definition) is 0. The Bertz CT molecular complexity index is 894. The molecule has 7 rings (SSSR count). The molecule has 4 nitrogen and oxygen atoms in total. The Morgan fingerprint density at radius 1 is 1.31 bits per heavy atom. The largest absolute Gasteiger partial charge is 0.373 e. The summed E-state index contributed by atoms with van der Waals surface area (Å²) in [5.74, 6) is 1.36. The lowest BCUT2D eigenvalue weighted by molar-refractivity contribution is -0.925. The first-order valence-electron chi connectivity index (χ1n) is 10.2. The van der Waals surface area contributed by atoms with Crippen LogP contribution in [0.15, 0.2) is 35.9 Å². The van der Waals surface area contributed by atoms with Crippen LogP contribution in [0.3, 0.4) is 0 Å². The number of carbonyl (C=O) groups is 1. The second-order valence-electron chi connectivity index (χ2n) is 9.67. The standard InChI is InChI=1S/C22H25N2O2/c1-24-8-7-22-15-4-2-3-5-16(15)23-19(25)11-17-20(21(22)23)14(10-18(22)24)13(12-24)6-9-26-17/h2-6,14,17-18,20-21H,7-12H2,1H3/q+1/t14-,17+,18-,20+,21-,22+,24+/m1/s1. The molecule has 1 aliphatic carbocycles. The van der Waals surface area contributed by atoms with Crippen LogP contribution >= 0.6 is 0 Å². The van der Waals surface area contributed by atoms with Gasteiger partial charge in [-0.25, -0.2) is 0 Å². The van der Waals surface area contributed by atoms with Gasteiger partial charge in [-0.3, -0.25) is 4.79 Å². The molecule has 26 heavy (non-hydrogen) atoms. The maximum atomic E-state index is 13.3. The highest BCUT2D eigenvalue weighted by molar-refractivity contribution is 5.99. The Morgan fingerprint density at radius 2 is 2.19 bits per heavy atom. The number of hydrogen-bond acceptors (Lipinski definition) is 2. The molecule has 1 aromatic carbocycles. The smallest absolute Gasteiger partial charge is 0.229 e. The zero-order valence-corrected chi connectivity index (χ0v) is 15.2. The summed E-state index contributed by atoms with van der Waals surface area (Å²) < 4.78 is 7.45. The molecule has 7 atom stereocenters. The van der Waals surface area contributed by atoms with Crippen molar-refractivity contribution in [2.75, 3.05) is 31.6 Å². The van der Waals surface area contributed by atoms with Crippen LogP contribution in [0.5, 0.6) is 0 Å². The van der Waals surface area contributed by atoms with Gasteiger partial charge in [0.2, 0.25) is 5.91 Å². The Balaban J connectivity index is 1.56. The maximum absolute atomic E-state index is 13.3. The van der Waals surface area contributed by atoms with E-state index in [4.69, 9.17) is 4.74 Å². The molecule has 1 aromatic rings. The number of piperidine rings is 2. The SMILES string of the molecule is C[N@+]12CC[C@]34c5ccccc5N5C(=O)C[C@@H]6OCC=C(C1)[C@@H](C[C@H]32)[C@@H]6[C@@H]54. The van der Waals surface area contributed by atoms with Gasteiger partial charge in [0.15, 0.2) is 0 Å². The average Bonchev–Trinajstić information content (AvgIpc) is 3.05. The van der Waals surface area contributed by atoms with Crippen LogP contribution in [0.2, 0.25) is 0 Å². The zero-order valence-electron chi connectivity index (χ0n) is 15.2. The van der Waals surface area contributed by atoms with Crippen LogP contribution in [-0.4, -0.2) is 55.3 Å². The number of benzene rings is 1. The minimum atomic E-state index is 0.104. The third-order valence-corrected chi connectivity index (χ3v) is 8.91. The average molecular weight is 349 g/mol. The highest BCUT2D eigenvalue weighted by Gasteiger charge is 2.75. The number of amides is 1. The summed E-state index contributed by atoms with van der Waals surface area (Å²) in [5.41, 5.74) is 4.43. The number of carbonyl (C=O) groups excluding carboxylic acids is 1. The molecule has 6 aliphatic rings. The molecule has 0 radical (unpaired) electrons. The van der Waals surface area contributed by atoms with E-state index in [2.05, 4.69) is 42.3 Å². The third-order valence-electron chi connectivity index (χ3n) is 8.91. The van der Waals surface area contributed by atoms with Gasteiger partial charge in [0.1, 0.15) is 12.6 Å². The van der Waals surface area contributed by atoms with Crippen molar-refractivity contribution in [3.05, 3.63) is 41.5 Å². The van der Waals surface area contributed by atoms with Crippen LogP contribution in [0.1, 0.15) is 24.8 Å². The lowest BCUT2D eigenvalue weighted by Crippen LogP contribution is -2.72. The van der Waals surface area contributed by atoms with Gasteiger partial charge in [-0.1, -0.05) is 24.3 Å². The summed E-state index contributed by atoms with van der Waals surface area (Å²) in [5, 5.41) is 0. The van der Waals surface area contributed by atoms with Gasteiger partial charge >= 0.3 is 0 Å². The summed E-state index contributed by atoms with van der Waals surface area (Å²) in [6, 6.07) is 9.76. The summed E-state index contributed by atoms with van der Waals surface area (Å²) in [4.78, 5) is 15.5. The van der Waals surface area contributed by atoms with Gasteiger partial charge in [-0.05, 0) is 23.1 Å². The van der Waals surface area contributed by atoms with Gasteiger partial charge in [-0.2, -0.15) is 0 Å². The molecule has 1 spiro atoms. The number of para-hydroxylation sites is 1. The van der Waals surface area contributed by atoms with Gasteiger partial charge < -0.3 is 14.1 Å². The monoisotopic (exact) mass is 349 g/mol. The quantitative estimate of drug-likeness (QED) is 0.531. The van der Waals surface area contributed by atoms with E-state index in [0.717, 1.165) is 4.48 Å². The van der Waals surface area contributed by atoms with Crippen molar-refractivity contribution in [3.8, 4) is 0 Å². The Morgan fingerprint density at radius 3 is 3.12 bits per heavy atom. The molecule has 3 saturated heterocycles. The summed E-state index contributed by atoms with van der Waals surface area (Å²) in [7, 11) is 2.47. The summed E-state index contributed by atoms with van der Waals surface area (Å²) in [6.45, 7) is 3.12. The number of fused-ring (bicyclic) bond motifs is 2. The topological polar surface area (TPSA) is 29.5 Å². The molecule has 2 bridgehead atoms.